The Labute approximate surface area is 173 Å². The van der Waals surface area contributed by atoms with Gasteiger partial charge in [0.05, 0.1) is 10.6 Å². The SMILES string of the molecule is CSc1ccc(S(=O)(=O)NCCSCc2ccccc2Cl)cc1NC(C)=O. The molecule has 0 fully saturated rings. The molecule has 146 valence electrons. The van der Waals surface area contributed by atoms with Gasteiger partial charge in [0, 0.05) is 34.9 Å². The maximum atomic E-state index is 12.5. The molecule has 0 spiro atoms. The van der Waals surface area contributed by atoms with Gasteiger partial charge >= 0.3 is 0 Å². The molecule has 2 N–H and O–H groups in total. The zero-order valence-electron chi connectivity index (χ0n) is 15.0. The number of carbonyl (C=O) groups excluding carboxylic acids is 1. The molecule has 0 saturated heterocycles. The topological polar surface area (TPSA) is 75.3 Å². The number of rotatable bonds is 9. The summed E-state index contributed by atoms with van der Waals surface area (Å²) >= 11 is 9.15. The summed E-state index contributed by atoms with van der Waals surface area (Å²) < 4.78 is 27.6. The van der Waals surface area contributed by atoms with Crippen LogP contribution in [0.1, 0.15) is 12.5 Å². The van der Waals surface area contributed by atoms with Crippen LogP contribution in [0, 0.1) is 0 Å². The minimum absolute atomic E-state index is 0.125. The lowest BCUT2D eigenvalue weighted by Gasteiger charge is -2.12. The zero-order chi connectivity index (χ0) is 19.9. The lowest BCUT2D eigenvalue weighted by atomic mass is 10.2. The van der Waals surface area contributed by atoms with Crippen LogP contribution in [-0.4, -0.2) is 32.9 Å². The molecule has 0 atom stereocenters. The van der Waals surface area contributed by atoms with Gasteiger partial charge in [-0.05, 0) is 36.1 Å². The van der Waals surface area contributed by atoms with Crippen molar-refractivity contribution in [2.45, 2.75) is 22.5 Å². The number of thioether (sulfide) groups is 2. The Balaban J connectivity index is 1.94. The van der Waals surface area contributed by atoms with E-state index in [1.165, 1.54) is 30.8 Å². The zero-order valence-corrected chi connectivity index (χ0v) is 18.2. The monoisotopic (exact) mass is 444 g/mol. The van der Waals surface area contributed by atoms with E-state index in [1.807, 2.05) is 30.5 Å². The fraction of sp³-hybridized carbons (Fsp3) is 0.278. The number of hydrogen-bond donors (Lipinski definition) is 2. The standard InChI is InChI=1S/C18H21ClN2O3S3/c1-13(22)21-17-11-15(7-8-18(17)25-2)27(23,24)20-9-10-26-12-14-5-3-4-6-16(14)19/h3-8,11,20H,9-10,12H2,1-2H3,(H,21,22). The fourth-order valence-corrected chi connectivity index (χ4v) is 5.14. The molecule has 2 aromatic carbocycles. The normalized spacial score (nSPS) is 11.4. The summed E-state index contributed by atoms with van der Waals surface area (Å²) in [6.45, 7) is 1.69. The van der Waals surface area contributed by atoms with Crippen molar-refractivity contribution in [1.82, 2.24) is 4.72 Å². The first-order valence-electron chi connectivity index (χ1n) is 8.10. The minimum atomic E-state index is -3.65. The molecule has 0 bridgehead atoms. The number of benzene rings is 2. The maximum absolute atomic E-state index is 12.5. The van der Waals surface area contributed by atoms with Gasteiger partial charge in [0.1, 0.15) is 0 Å². The first kappa shape index (κ1) is 22.1. The molecule has 27 heavy (non-hydrogen) atoms. The Kier molecular flexibility index (Phi) is 8.50. The van der Waals surface area contributed by atoms with Crippen molar-refractivity contribution in [3.63, 3.8) is 0 Å². The van der Waals surface area contributed by atoms with Crippen molar-refractivity contribution < 1.29 is 13.2 Å². The Hall–Kier alpha value is -1.19. The van der Waals surface area contributed by atoms with Gasteiger partial charge in [-0.2, -0.15) is 11.8 Å². The van der Waals surface area contributed by atoms with Crippen molar-refractivity contribution >= 4 is 56.7 Å². The highest BCUT2D eigenvalue weighted by molar-refractivity contribution is 7.99. The number of halogens is 1. The highest BCUT2D eigenvalue weighted by atomic mass is 35.5. The average Bonchev–Trinajstić information content (AvgIpc) is 2.62. The first-order valence-corrected chi connectivity index (χ1v) is 12.3. The highest BCUT2D eigenvalue weighted by Crippen LogP contribution is 2.28. The van der Waals surface area contributed by atoms with Crippen molar-refractivity contribution in [2.24, 2.45) is 0 Å². The van der Waals surface area contributed by atoms with Crippen LogP contribution in [-0.2, 0) is 20.6 Å². The minimum Gasteiger partial charge on any atom is -0.325 e. The van der Waals surface area contributed by atoms with Gasteiger partial charge in [-0.3, -0.25) is 4.79 Å². The van der Waals surface area contributed by atoms with Gasteiger partial charge in [-0.15, -0.1) is 11.8 Å². The molecule has 0 aliphatic heterocycles. The molecule has 5 nitrogen and oxygen atoms in total. The Morgan fingerprint density at radius 3 is 2.59 bits per heavy atom. The molecule has 2 rings (SSSR count). The van der Waals surface area contributed by atoms with E-state index >= 15 is 0 Å². The van der Waals surface area contributed by atoms with Crippen LogP contribution in [0.5, 0.6) is 0 Å². The molecule has 0 aliphatic rings. The number of sulfonamides is 1. The molecule has 0 aromatic heterocycles. The Morgan fingerprint density at radius 2 is 1.93 bits per heavy atom. The third-order valence-corrected chi connectivity index (χ3v) is 7.18. The van der Waals surface area contributed by atoms with Crippen molar-refractivity contribution in [2.75, 3.05) is 23.9 Å². The van der Waals surface area contributed by atoms with Crippen LogP contribution >= 0.6 is 35.1 Å². The van der Waals surface area contributed by atoms with E-state index in [4.69, 9.17) is 11.6 Å². The first-order chi connectivity index (χ1) is 12.8. The average molecular weight is 445 g/mol. The van der Waals surface area contributed by atoms with Crippen LogP contribution in [0.4, 0.5) is 5.69 Å². The largest absolute Gasteiger partial charge is 0.325 e. The van der Waals surface area contributed by atoms with Gasteiger partial charge in [0.15, 0.2) is 0 Å². The number of anilines is 1. The number of hydrogen-bond acceptors (Lipinski definition) is 5. The van der Waals surface area contributed by atoms with Gasteiger partial charge in [0.25, 0.3) is 0 Å². The lowest BCUT2D eigenvalue weighted by Crippen LogP contribution is -2.26. The Morgan fingerprint density at radius 1 is 1.19 bits per heavy atom. The second-order valence-corrected chi connectivity index (χ2v) is 9.71. The van der Waals surface area contributed by atoms with Gasteiger partial charge in [0.2, 0.25) is 15.9 Å². The number of carbonyl (C=O) groups is 1. The molecule has 1 amide bonds. The lowest BCUT2D eigenvalue weighted by molar-refractivity contribution is -0.114. The molecule has 9 heteroatoms. The van der Waals surface area contributed by atoms with E-state index in [2.05, 4.69) is 10.0 Å². The van der Waals surface area contributed by atoms with Gasteiger partial charge in [-0.25, -0.2) is 13.1 Å². The quantitative estimate of drug-likeness (QED) is 0.447. The summed E-state index contributed by atoms with van der Waals surface area (Å²) in [5.41, 5.74) is 1.52. The van der Waals surface area contributed by atoms with E-state index in [9.17, 15) is 13.2 Å². The summed E-state index contributed by atoms with van der Waals surface area (Å²) in [6.07, 6.45) is 1.86. The maximum Gasteiger partial charge on any atom is 0.240 e. The third-order valence-electron chi connectivity index (χ3n) is 3.55. The second kappa shape index (κ2) is 10.4. The Bertz CT molecular complexity index is 904. The molecule has 0 aliphatic carbocycles. The molecule has 2 aromatic rings. The van der Waals surface area contributed by atoms with Crippen molar-refractivity contribution in [3.05, 3.63) is 53.1 Å². The van der Waals surface area contributed by atoms with Gasteiger partial charge in [-0.1, -0.05) is 29.8 Å². The van der Waals surface area contributed by atoms with Crippen LogP contribution < -0.4 is 10.0 Å². The number of amides is 1. The van der Waals surface area contributed by atoms with E-state index < -0.39 is 10.0 Å². The molecule has 0 radical (unpaired) electrons. The molecule has 0 unspecified atom stereocenters. The summed E-state index contributed by atoms with van der Waals surface area (Å²) in [6, 6.07) is 12.3. The van der Waals surface area contributed by atoms with Crippen LogP contribution in [0.3, 0.4) is 0 Å². The fourth-order valence-electron chi connectivity index (χ4n) is 2.27. The predicted molar refractivity (Wildman–Crippen MR) is 115 cm³/mol. The molecular formula is C18H21ClN2O3S3. The molecule has 0 saturated carbocycles. The summed E-state index contributed by atoms with van der Waals surface area (Å²) in [4.78, 5) is 12.3. The van der Waals surface area contributed by atoms with E-state index in [0.29, 0.717) is 23.0 Å². The summed E-state index contributed by atoms with van der Waals surface area (Å²) in [7, 11) is -3.65. The molecule has 0 heterocycles. The summed E-state index contributed by atoms with van der Waals surface area (Å²) in [5.74, 6) is 1.09. The van der Waals surface area contributed by atoms with Crippen molar-refractivity contribution in [3.8, 4) is 0 Å². The van der Waals surface area contributed by atoms with E-state index in [1.54, 1.807) is 17.8 Å². The van der Waals surface area contributed by atoms with Crippen LogP contribution in [0.2, 0.25) is 5.02 Å². The van der Waals surface area contributed by atoms with Crippen LogP contribution in [0.15, 0.2) is 52.3 Å². The van der Waals surface area contributed by atoms with Crippen LogP contribution in [0.25, 0.3) is 0 Å². The third kappa shape index (κ3) is 6.73. The van der Waals surface area contributed by atoms with Gasteiger partial charge < -0.3 is 5.32 Å². The summed E-state index contributed by atoms with van der Waals surface area (Å²) in [5, 5.41) is 3.38. The number of nitrogens with one attached hydrogen (secondary N) is 2. The highest BCUT2D eigenvalue weighted by Gasteiger charge is 2.16. The predicted octanol–water partition coefficient (Wildman–Crippen LogP) is 4.23. The second-order valence-electron chi connectivity index (χ2n) is 5.59. The molecular weight excluding hydrogens is 424 g/mol. The van der Waals surface area contributed by atoms with E-state index in [0.717, 1.165) is 16.2 Å². The van der Waals surface area contributed by atoms with E-state index in [-0.39, 0.29) is 10.8 Å². The smallest absolute Gasteiger partial charge is 0.240 e. The van der Waals surface area contributed by atoms with Crippen molar-refractivity contribution in [1.29, 1.82) is 0 Å².